The Morgan fingerprint density at radius 3 is 2.69 bits per heavy atom. The molecule has 0 aliphatic heterocycles. The molecule has 1 rings (SSSR count). The van der Waals surface area contributed by atoms with E-state index in [0.29, 0.717) is 5.69 Å². The molecule has 0 spiro atoms. The molecule has 0 radical (unpaired) electrons. The maximum Gasteiger partial charge on any atom is 0.254 e. The van der Waals surface area contributed by atoms with Gasteiger partial charge in [-0.3, -0.25) is 4.79 Å². The fourth-order valence-electron chi connectivity index (χ4n) is 1.18. The molecular weight excluding hydrogens is 207 g/mol. The summed E-state index contributed by atoms with van der Waals surface area (Å²) in [4.78, 5) is 11.8. The van der Waals surface area contributed by atoms with E-state index in [-0.39, 0.29) is 11.1 Å². The highest BCUT2D eigenvalue weighted by Crippen LogP contribution is 2.14. The SMILES string of the molecule is CCC(C)(C)NC(=O)c1cc(N)ccc1F. The van der Waals surface area contributed by atoms with Crippen LogP contribution in [0.15, 0.2) is 18.2 Å². The number of hydrogen-bond donors (Lipinski definition) is 2. The number of nitrogen functional groups attached to an aromatic ring is 1. The lowest BCUT2D eigenvalue weighted by Crippen LogP contribution is -2.43. The predicted octanol–water partition coefficient (Wildman–Crippen LogP) is 2.33. The van der Waals surface area contributed by atoms with Crippen molar-refractivity contribution in [1.82, 2.24) is 5.32 Å². The average molecular weight is 224 g/mol. The molecule has 0 unspecified atom stereocenters. The van der Waals surface area contributed by atoms with Gasteiger partial charge in [0.05, 0.1) is 5.56 Å². The van der Waals surface area contributed by atoms with Crippen LogP contribution in [0.2, 0.25) is 0 Å². The molecule has 1 amide bonds. The second-order valence-corrected chi connectivity index (χ2v) is 4.43. The quantitative estimate of drug-likeness (QED) is 0.774. The number of hydrogen-bond acceptors (Lipinski definition) is 2. The summed E-state index contributed by atoms with van der Waals surface area (Å²) in [7, 11) is 0. The van der Waals surface area contributed by atoms with E-state index in [1.807, 2.05) is 20.8 Å². The smallest absolute Gasteiger partial charge is 0.254 e. The van der Waals surface area contributed by atoms with Crippen molar-refractivity contribution in [3.8, 4) is 0 Å². The van der Waals surface area contributed by atoms with Crippen molar-refractivity contribution < 1.29 is 9.18 Å². The van der Waals surface area contributed by atoms with E-state index in [0.717, 1.165) is 6.42 Å². The van der Waals surface area contributed by atoms with Crippen LogP contribution in [0.5, 0.6) is 0 Å². The van der Waals surface area contributed by atoms with Gasteiger partial charge >= 0.3 is 0 Å². The van der Waals surface area contributed by atoms with Gasteiger partial charge in [0, 0.05) is 11.2 Å². The predicted molar refractivity (Wildman–Crippen MR) is 62.6 cm³/mol. The summed E-state index contributed by atoms with van der Waals surface area (Å²) in [6.07, 6.45) is 0.767. The molecule has 1 aromatic rings. The van der Waals surface area contributed by atoms with Crippen LogP contribution in [0.1, 0.15) is 37.6 Å². The number of benzene rings is 1. The van der Waals surface area contributed by atoms with Gasteiger partial charge in [0.15, 0.2) is 0 Å². The Bertz CT molecular complexity index is 402. The molecule has 0 aliphatic rings. The van der Waals surface area contributed by atoms with Gasteiger partial charge < -0.3 is 11.1 Å². The number of amides is 1. The van der Waals surface area contributed by atoms with Crippen molar-refractivity contribution in [3.05, 3.63) is 29.6 Å². The van der Waals surface area contributed by atoms with Crippen LogP contribution in [-0.2, 0) is 0 Å². The van der Waals surface area contributed by atoms with Gasteiger partial charge in [-0.05, 0) is 38.5 Å². The number of rotatable bonds is 3. The Morgan fingerprint density at radius 2 is 2.12 bits per heavy atom. The number of nitrogens with two attached hydrogens (primary N) is 1. The van der Waals surface area contributed by atoms with Gasteiger partial charge in [0.25, 0.3) is 5.91 Å². The topological polar surface area (TPSA) is 55.1 Å². The summed E-state index contributed by atoms with van der Waals surface area (Å²) in [5, 5.41) is 2.76. The molecule has 4 heteroatoms. The third kappa shape index (κ3) is 2.95. The lowest BCUT2D eigenvalue weighted by molar-refractivity contribution is 0.0907. The molecule has 0 aromatic heterocycles. The maximum atomic E-state index is 13.4. The van der Waals surface area contributed by atoms with Crippen molar-refractivity contribution >= 4 is 11.6 Å². The van der Waals surface area contributed by atoms with Crippen LogP contribution < -0.4 is 11.1 Å². The van der Waals surface area contributed by atoms with E-state index in [4.69, 9.17) is 5.73 Å². The van der Waals surface area contributed by atoms with E-state index in [1.165, 1.54) is 18.2 Å². The minimum absolute atomic E-state index is 0.0125. The minimum Gasteiger partial charge on any atom is -0.399 e. The number of anilines is 1. The van der Waals surface area contributed by atoms with E-state index in [9.17, 15) is 9.18 Å². The van der Waals surface area contributed by atoms with Crippen LogP contribution in [0, 0.1) is 5.82 Å². The average Bonchev–Trinajstić information content (AvgIpc) is 2.21. The van der Waals surface area contributed by atoms with Crippen LogP contribution in [-0.4, -0.2) is 11.4 Å². The highest BCUT2D eigenvalue weighted by Gasteiger charge is 2.20. The molecule has 88 valence electrons. The van der Waals surface area contributed by atoms with Crippen molar-refractivity contribution in [2.45, 2.75) is 32.7 Å². The van der Waals surface area contributed by atoms with Gasteiger partial charge in [-0.1, -0.05) is 6.92 Å². The van der Waals surface area contributed by atoms with Crippen molar-refractivity contribution in [2.75, 3.05) is 5.73 Å². The monoisotopic (exact) mass is 224 g/mol. The first-order chi connectivity index (χ1) is 7.35. The minimum atomic E-state index is -0.557. The standard InChI is InChI=1S/C12H17FN2O/c1-4-12(2,3)15-11(16)9-7-8(14)5-6-10(9)13/h5-7H,4,14H2,1-3H3,(H,15,16). The highest BCUT2D eigenvalue weighted by molar-refractivity contribution is 5.95. The Labute approximate surface area is 94.8 Å². The lowest BCUT2D eigenvalue weighted by Gasteiger charge is -2.24. The second kappa shape index (κ2) is 4.51. The normalized spacial score (nSPS) is 11.2. The molecule has 0 heterocycles. The fraction of sp³-hybridized carbons (Fsp3) is 0.417. The van der Waals surface area contributed by atoms with Crippen molar-refractivity contribution in [3.63, 3.8) is 0 Å². The van der Waals surface area contributed by atoms with E-state index < -0.39 is 11.7 Å². The third-order valence-electron chi connectivity index (χ3n) is 2.57. The van der Waals surface area contributed by atoms with Gasteiger partial charge in [-0.25, -0.2) is 4.39 Å². The van der Waals surface area contributed by atoms with E-state index in [2.05, 4.69) is 5.32 Å². The summed E-state index contributed by atoms with van der Waals surface area (Å²) in [6.45, 7) is 5.72. The summed E-state index contributed by atoms with van der Waals surface area (Å²) >= 11 is 0. The Hall–Kier alpha value is -1.58. The molecule has 0 bridgehead atoms. The maximum absolute atomic E-state index is 13.4. The summed E-state index contributed by atoms with van der Waals surface area (Å²) in [5.41, 5.74) is 5.53. The van der Waals surface area contributed by atoms with Crippen LogP contribution >= 0.6 is 0 Å². The molecule has 3 N–H and O–H groups in total. The molecule has 0 atom stereocenters. The largest absolute Gasteiger partial charge is 0.399 e. The van der Waals surface area contributed by atoms with Crippen molar-refractivity contribution in [1.29, 1.82) is 0 Å². The third-order valence-corrected chi connectivity index (χ3v) is 2.57. The van der Waals surface area contributed by atoms with Gasteiger partial charge in [-0.15, -0.1) is 0 Å². The molecule has 0 saturated heterocycles. The Morgan fingerprint density at radius 1 is 1.50 bits per heavy atom. The van der Waals surface area contributed by atoms with E-state index >= 15 is 0 Å². The zero-order valence-corrected chi connectivity index (χ0v) is 9.80. The van der Waals surface area contributed by atoms with Crippen LogP contribution in [0.4, 0.5) is 10.1 Å². The molecular formula is C12H17FN2O. The highest BCUT2D eigenvalue weighted by atomic mass is 19.1. The first-order valence-electron chi connectivity index (χ1n) is 5.23. The van der Waals surface area contributed by atoms with Gasteiger partial charge in [-0.2, -0.15) is 0 Å². The molecule has 0 aliphatic carbocycles. The molecule has 16 heavy (non-hydrogen) atoms. The zero-order chi connectivity index (χ0) is 12.3. The molecule has 0 fully saturated rings. The Kier molecular flexibility index (Phi) is 3.52. The van der Waals surface area contributed by atoms with Gasteiger partial charge in [0.1, 0.15) is 5.82 Å². The number of halogens is 1. The summed E-state index contributed by atoms with van der Waals surface area (Å²) in [5.74, 6) is -0.991. The fourth-order valence-corrected chi connectivity index (χ4v) is 1.18. The van der Waals surface area contributed by atoms with Crippen LogP contribution in [0.25, 0.3) is 0 Å². The van der Waals surface area contributed by atoms with Gasteiger partial charge in [0.2, 0.25) is 0 Å². The Balaban J connectivity index is 2.93. The number of carbonyl (C=O) groups excluding carboxylic acids is 1. The second-order valence-electron chi connectivity index (χ2n) is 4.43. The number of nitrogens with one attached hydrogen (secondary N) is 1. The first-order valence-corrected chi connectivity index (χ1v) is 5.23. The van der Waals surface area contributed by atoms with Crippen LogP contribution in [0.3, 0.4) is 0 Å². The molecule has 0 saturated carbocycles. The first kappa shape index (κ1) is 12.5. The molecule has 1 aromatic carbocycles. The zero-order valence-electron chi connectivity index (χ0n) is 9.80. The van der Waals surface area contributed by atoms with E-state index in [1.54, 1.807) is 0 Å². The molecule has 3 nitrogen and oxygen atoms in total. The van der Waals surface area contributed by atoms with Crippen molar-refractivity contribution in [2.24, 2.45) is 0 Å². The summed E-state index contributed by atoms with van der Waals surface area (Å²) < 4.78 is 13.4. The lowest BCUT2D eigenvalue weighted by atomic mass is 10.0. The number of carbonyl (C=O) groups is 1. The summed E-state index contributed by atoms with van der Waals surface area (Å²) in [6, 6.07) is 3.97.